The van der Waals surface area contributed by atoms with Crippen molar-refractivity contribution in [2.75, 3.05) is 26.2 Å². The molecule has 2 aliphatic heterocycles. The van der Waals surface area contributed by atoms with Gasteiger partial charge in [0.15, 0.2) is 0 Å². The minimum absolute atomic E-state index is 0.0253. The van der Waals surface area contributed by atoms with Gasteiger partial charge >= 0.3 is 6.03 Å². The zero-order valence-electron chi connectivity index (χ0n) is 17.0. The number of carbonyl (C=O) groups is 1. The normalized spacial score (nSPS) is 22.6. The summed E-state index contributed by atoms with van der Waals surface area (Å²) in [6, 6.07) is 17.7. The summed E-state index contributed by atoms with van der Waals surface area (Å²) in [5, 5.41) is 12.4. The van der Waals surface area contributed by atoms with Crippen LogP contribution in [0.25, 0.3) is 0 Å². The highest BCUT2D eigenvalue weighted by molar-refractivity contribution is 5.74. The molecule has 0 radical (unpaired) electrons. The Hall–Kier alpha value is -2.53. The average molecular weight is 394 g/mol. The van der Waals surface area contributed by atoms with Crippen molar-refractivity contribution < 1.29 is 9.90 Å². The van der Waals surface area contributed by atoms with Crippen molar-refractivity contribution in [3.8, 4) is 5.75 Å². The van der Waals surface area contributed by atoms with Gasteiger partial charge in [-0.1, -0.05) is 42.5 Å². The molecule has 2 amide bonds. The number of benzene rings is 2. The third kappa shape index (κ3) is 5.10. The Balaban J connectivity index is 1.34. The first kappa shape index (κ1) is 19.8. The van der Waals surface area contributed by atoms with Crippen molar-refractivity contribution in [3.63, 3.8) is 0 Å². The van der Waals surface area contributed by atoms with Crippen LogP contribution in [0, 0.1) is 5.41 Å². The van der Waals surface area contributed by atoms with E-state index in [0.29, 0.717) is 6.54 Å². The maximum atomic E-state index is 12.8. The van der Waals surface area contributed by atoms with Crippen molar-refractivity contribution >= 4 is 6.03 Å². The van der Waals surface area contributed by atoms with Crippen LogP contribution in [0.3, 0.4) is 0 Å². The second-order valence-electron chi connectivity index (χ2n) is 8.65. The van der Waals surface area contributed by atoms with Gasteiger partial charge in [0.2, 0.25) is 0 Å². The fourth-order valence-corrected chi connectivity index (χ4v) is 4.90. The molecule has 29 heavy (non-hydrogen) atoms. The monoisotopic (exact) mass is 393 g/mol. The molecule has 2 aromatic carbocycles. The van der Waals surface area contributed by atoms with E-state index in [1.165, 1.54) is 24.8 Å². The number of amides is 2. The molecule has 2 heterocycles. The van der Waals surface area contributed by atoms with Crippen LogP contribution in [-0.4, -0.2) is 47.1 Å². The molecule has 1 spiro atoms. The first-order valence-corrected chi connectivity index (χ1v) is 10.7. The van der Waals surface area contributed by atoms with Gasteiger partial charge in [0.1, 0.15) is 5.75 Å². The largest absolute Gasteiger partial charge is 0.508 e. The van der Waals surface area contributed by atoms with E-state index in [0.717, 1.165) is 44.7 Å². The van der Waals surface area contributed by atoms with Gasteiger partial charge in [-0.3, -0.25) is 4.90 Å². The summed E-state index contributed by atoms with van der Waals surface area (Å²) in [4.78, 5) is 17.4. The van der Waals surface area contributed by atoms with E-state index in [1.54, 1.807) is 12.1 Å². The lowest BCUT2D eigenvalue weighted by molar-refractivity contribution is 0.0234. The smallest absolute Gasteiger partial charge is 0.317 e. The number of hydrogen-bond donors (Lipinski definition) is 2. The van der Waals surface area contributed by atoms with Crippen molar-refractivity contribution in [2.24, 2.45) is 5.41 Å². The molecule has 5 heteroatoms. The number of likely N-dealkylation sites (tertiary alicyclic amines) is 2. The molecule has 0 bridgehead atoms. The third-order valence-corrected chi connectivity index (χ3v) is 6.32. The average Bonchev–Trinajstić information content (AvgIpc) is 2.74. The Morgan fingerprint density at radius 3 is 2.41 bits per heavy atom. The first-order valence-electron chi connectivity index (χ1n) is 10.7. The molecule has 5 nitrogen and oxygen atoms in total. The van der Waals surface area contributed by atoms with Crippen LogP contribution >= 0.6 is 0 Å². The van der Waals surface area contributed by atoms with Gasteiger partial charge in [-0.25, -0.2) is 4.79 Å². The number of nitrogens with one attached hydrogen (secondary N) is 1. The van der Waals surface area contributed by atoms with E-state index >= 15 is 0 Å². The molecule has 4 rings (SSSR count). The first-order chi connectivity index (χ1) is 14.1. The molecule has 0 saturated carbocycles. The predicted octanol–water partition coefficient (Wildman–Crippen LogP) is 3.98. The number of aromatic hydroxyl groups is 1. The molecule has 0 aromatic heterocycles. The zero-order valence-corrected chi connectivity index (χ0v) is 17.0. The van der Waals surface area contributed by atoms with Crippen molar-refractivity contribution in [2.45, 2.75) is 38.8 Å². The van der Waals surface area contributed by atoms with Crippen molar-refractivity contribution in [1.82, 2.24) is 15.1 Å². The molecule has 2 aliphatic rings. The van der Waals surface area contributed by atoms with Crippen LogP contribution in [0.4, 0.5) is 4.79 Å². The maximum absolute atomic E-state index is 12.8. The SMILES string of the molecule is O=C(NCc1ccc(O)cc1)N1CCC[C@]2(CCCN(Cc3ccccc3)C2)C1. The van der Waals surface area contributed by atoms with E-state index in [2.05, 4.69) is 40.5 Å². The summed E-state index contributed by atoms with van der Waals surface area (Å²) in [6.45, 7) is 5.38. The van der Waals surface area contributed by atoms with Crippen molar-refractivity contribution in [3.05, 3.63) is 65.7 Å². The summed E-state index contributed by atoms with van der Waals surface area (Å²) < 4.78 is 0. The Labute approximate surface area is 173 Å². The lowest BCUT2D eigenvalue weighted by Crippen LogP contribution is -2.55. The highest BCUT2D eigenvalue weighted by atomic mass is 16.3. The van der Waals surface area contributed by atoms with Gasteiger partial charge in [0.25, 0.3) is 0 Å². The molecular weight excluding hydrogens is 362 g/mol. The topological polar surface area (TPSA) is 55.8 Å². The minimum Gasteiger partial charge on any atom is -0.508 e. The number of phenolic OH excluding ortho intramolecular Hbond substituents is 1. The van der Waals surface area contributed by atoms with Gasteiger partial charge in [-0.05, 0) is 55.5 Å². The van der Waals surface area contributed by atoms with E-state index in [1.807, 2.05) is 17.0 Å². The number of hydrogen-bond acceptors (Lipinski definition) is 3. The van der Waals surface area contributed by atoms with Gasteiger partial charge < -0.3 is 15.3 Å². The maximum Gasteiger partial charge on any atom is 0.317 e. The molecule has 2 aromatic rings. The summed E-state index contributed by atoms with van der Waals surface area (Å²) >= 11 is 0. The molecule has 2 fully saturated rings. The zero-order chi connectivity index (χ0) is 20.1. The van der Waals surface area contributed by atoms with E-state index in [9.17, 15) is 9.90 Å². The summed E-state index contributed by atoms with van der Waals surface area (Å²) in [6.07, 6.45) is 4.70. The summed E-state index contributed by atoms with van der Waals surface area (Å²) in [7, 11) is 0. The molecule has 0 unspecified atom stereocenters. The van der Waals surface area contributed by atoms with Gasteiger partial charge in [0, 0.05) is 38.1 Å². The molecule has 0 aliphatic carbocycles. The Bertz CT molecular complexity index is 805. The number of carbonyl (C=O) groups excluding carboxylic acids is 1. The minimum atomic E-state index is 0.0253. The van der Waals surface area contributed by atoms with Crippen LogP contribution in [0.1, 0.15) is 36.8 Å². The molecule has 154 valence electrons. The second kappa shape index (κ2) is 8.87. The highest BCUT2D eigenvalue weighted by Gasteiger charge is 2.40. The summed E-state index contributed by atoms with van der Waals surface area (Å²) in [5.41, 5.74) is 2.58. The quantitative estimate of drug-likeness (QED) is 0.826. The molecule has 2 N–H and O–H groups in total. The van der Waals surface area contributed by atoms with Gasteiger partial charge in [0.05, 0.1) is 0 Å². The fourth-order valence-electron chi connectivity index (χ4n) is 4.90. The standard InChI is InChI=1S/C24H31N3O2/c28-22-10-8-20(9-11-22)16-25-23(29)27-15-5-13-24(19-27)12-4-14-26(18-24)17-21-6-2-1-3-7-21/h1-3,6-11,28H,4-5,12-19H2,(H,25,29)/t24-/m0/s1. The number of urea groups is 1. The predicted molar refractivity (Wildman–Crippen MR) is 115 cm³/mol. The third-order valence-electron chi connectivity index (χ3n) is 6.32. The van der Waals surface area contributed by atoms with Gasteiger partial charge in [-0.2, -0.15) is 0 Å². The lowest BCUT2D eigenvalue weighted by atomic mass is 9.73. The Kier molecular flexibility index (Phi) is 6.05. The molecular formula is C24H31N3O2. The van der Waals surface area contributed by atoms with Crippen LogP contribution in [0.5, 0.6) is 5.75 Å². The fraction of sp³-hybridized carbons (Fsp3) is 0.458. The highest BCUT2D eigenvalue weighted by Crippen LogP contribution is 2.38. The van der Waals surface area contributed by atoms with E-state index < -0.39 is 0 Å². The van der Waals surface area contributed by atoms with Crippen LogP contribution < -0.4 is 5.32 Å². The van der Waals surface area contributed by atoms with E-state index in [-0.39, 0.29) is 17.2 Å². The molecule has 2 saturated heterocycles. The number of nitrogens with zero attached hydrogens (tertiary/aromatic N) is 2. The summed E-state index contributed by atoms with van der Waals surface area (Å²) in [5.74, 6) is 0.246. The Morgan fingerprint density at radius 2 is 1.66 bits per heavy atom. The molecule has 1 atom stereocenters. The second-order valence-corrected chi connectivity index (χ2v) is 8.65. The number of rotatable bonds is 4. The Morgan fingerprint density at radius 1 is 0.931 bits per heavy atom. The number of piperidine rings is 2. The van der Waals surface area contributed by atoms with Crippen LogP contribution in [-0.2, 0) is 13.1 Å². The van der Waals surface area contributed by atoms with Crippen molar-refractivity contribution in [1.29, 1.82) is 0 Å². The van der Waals surface area contributed by atoms with Crippen LogP contribution in [0.2, 0.25) is 0 Å². The van der Waals surface area contributed by atoms with Gasteiger partial charge in [-0.15, -0.1) is 0 Å². The lowest BCUT2D eigenvalue weighted by Gasteiger charge is -2.48. The number of phenols is 1. The van der Waals surface area contributed by atoms with E-state index in [4.69, 9.17) is 0 Å². The van der Waals surface area contributed by atoms with Crippen LogP contribution in [0.15, 0.2) is 54.6 Å².